The number of rotatable bonds is 6. The molecule has 0 amide bonds. The monoisotopic (exact) mass is 1610 g/mol. The molecule has 0 spiro atoms. The van der Waals surface area contributed by atoms with Gasteiger partial charge in [0.25, 0.3) is 0 Å². The van der Waals surface area contributed by atoms with Crippen LogP contribution in [-0.4, -0.2) is 124 Å². The van der Waals surface area contributed by atoms with Crippen molar-refractivity contribution in [2.75, 3.05) is 44.0 Å². The summed E-state index contributed by atoms with van der Waals surface area (Å²) in [6.45, 7) is 79.9. The quantitative estimate of drug-likeness (QED) is 0.165. The van der Waals surface area contributed by atoms with Gasteiger partial charge >= 0.3 is 0 Å². The number of fused-ring (bicyclic) bond motifs is 9. The van der Waals surface area contributed by atoms with Gasteiger partial charge in [-0.3, -0.25) is 14.7 Å². The summed E-state index contributed by atoms with van der Waals surface area (Å²) in [5.74, 6) is 0. The van der Waals surface area contributed by atoms with E-state index in [1.54, 1.807) is 0 Å². The molecule has 5 heterocycles. The molecular weight excluding hydrogens is 1450 g/mol. The van der Waals surface area contributed by atoms with Crippen LogP contribution in [0.25, 0.3) is 71.1 Å². The van der Waals surface area contributed by atoms with Gasteiger partial charge in [0, 0.05) is 129 Å². The lowest BCUT2D eigenvalue weighted by Crippen LogP contribution is -2.65. The number of anilines is 3. The third-order valence-electron chi connectivity index (χ3n) is 23.6. The van der Waals surface area contributed by atoms with Crippen LogP contribution in [0.4, 0.5) is 17.1 Å². The predicted octanol–water partition coefficient (Wildman–Crippen LogP) is 30.3. The molecule has 0 atom stereocenters. The number of hydrogen-bond donors (Lipinski definition) is 0. The molecule has 648 valence electrons. The highest BCUT2D eigenvalue weighted by atomic mass is 15.3. The number of para-hydroxylation sites is 9. The lowest BCUT2D eigenvalue weighted by molar-refractivity contribution is -0.0896. The average molecular weight is 1610 g/mol. The maximum atomic E-state index is 2.70. The molecular formula is C110H163N9. The Morgan fingerprint density at radius 3 is 0.941 bits per heavy atom. The fourth-order valence-electron chi connectivity index (χ4n) is 18.7. The van der Waals surface area contributed by atoms with Gasteiger partial charge in [0.2, 0.25) is 0 Å². The Bertz CT molecular complexity index is 4940. The molecule has 2 fully saturated rings. The lowest BCUT2D eigenvalue weighted by Gasteiger charge is -2.59. The van der Waals surface area contributed by atoms with Crippen molar-refractivity contribution in [1.82, 2.24) is 33.3 Å². The van der Waals surface area contributed by atoms with Crippen LogP contribution in [0.15, 0.2) is 218 Å². The van der Waals surface area contributed by atoms with Gasteiger partial charge in [-0.1, -0.05) is 158 Å². The number of aryl methyl sites for hydroxylation is 2. The summed E-state index contributed by atoms with van der Waals surface area (Å²) in [6.07, 6.45) is 6.82. The summed E-state index contributed by atoms with van der Waals surface area (Å²) >= 11 is 0. The highest BCUT2D eigenvalue weighted by Crippen LogP contribution is 2.45. The SMILES string of the molecule is CC(C)(C)N(c1ccccc1)c1ccccc1.CC(C)(C)N1C(C)(C)CCCC1(C)C.CC(C)(C)N1CCCC1.CC(C)(C)n1c2ccccc2c2cccc(-n3c4ccccc4c4ccccc43)c21.CC(C)N(C(C)C)C(C)(C)C.CN(C)C(C)(C)C.CN(c1ccccc1)C(C)(C)C.Cc1cccc2c3cccc(C)c3n(C(C)(C)C)c12. The highest BCUT2D eigenvalue weighted by Gasteiger charge is 2.46. The number of likely N-dealkylation sites (tertiary alicyclic amines) is 2. The summed E-state index contributed by atoms with van der Waals surface area (Å²) in [7, 11) is 6.29. The van der Waals surface area contributed by atoms with Gasteiger partial charge in [0.05, 0.1) is 33.3 Å². The summed E-state index contributed by atoms with van der Waals surface area (Å²) in [6, 6.07) is 78.9. The van der Waals surface area contributed by atoms with Crippen molar-refractivity contribution in [3.05, 3.63) is 230 Å². The van der Waals surface area contributed by atoms with E-state index in [2.05, 4.69) is 512 Å². The minimum atomic E-state index is -0.0454. The van der Waals surface area contributed by atoms with Crippen molar-refractivity contribution >= 4 is 82.5 Å². The van der Waals surface area contributed by atoms with Gasteiger partial charge in [0.15, 0.2) is 0 Å². The molecule has 2 aliphatic rings. The molecule has 0 N–H and O–H groups in total. The molecule has 0 aliphatic carbocycles. The molecule has 9 aromatic carbocycles. The molecule has 119 heavy (non-hydrogen) atoms. The molecule has 0 bridgehead atoms. The molecule has 2 saturated heterocycles. The van der Waals surface area contributed by atoms with E-state index in [4.69, 9.17) is 0 Å². The number of benzene rings is 9. The van der Waals surface area contributed by atoms with Crippen LogP contribution < -0.4 is 9.80 Å². The lowest BCUT2D eigenvalue weighted by atomic mass is 9.76. The van der Waals surface area contributed by atoms with Crippen LogP contribution in [0.1, 0.15) is 265 Å². The van der Waals surface area contributed by atoms with Gasteiger partial charge in [-0.15, -0.1) is 0 Å². The summed E-state index contributed by atoms with van der Waals surface area (Å²) < 4.78 is 7.45. The fraction of sp³-hybridized carbons (Fsp3) is 0.509. The largest absolute Gasteiger partial charge is 0.370 e. The second-order valence-electron chi connectivity index (χ2n) is 43.4. The molecule has 0 radical (unpaired) electrons. The van der Waals surface area contributed by atoms with Crippen molar-refractivity contribution in [1.29, 1.82) is 0 Å². The van der Waals surface area contributed by atoms with Crippen LogP contribution >= 0.6 is 0 Å². The predicted molar refractivity (Wildman–Crippen MR) is 532 cm³/mol. The molecule has 0 saturated carbocycles. The molecule has 12 aromatic rings. The third-order valence-corrected chi connectivity index (χ3v) is 23.6. The van der Waals surface area contributed by atoms with E-state index < -0.39 is 0 Å². The molecule has 9 nitrogen and oxygen atoms in total. The van der Waals surface area contributed by atoms with Crippen LogP contribution in [0.3, 0.4) is 0 Å². The summed E-state index contributed by atoms with van der Waals surface area (Å²) in [5.41, 5.74) is 17.8. The molecule has 2 aliphatic heterocycles. The first kappa shape index (κ1) is 97.9. The van der Waals surface area contributed by atoms with E-state index in [0.29, 0.717) is 39.8 Å². The minimum absolute atomic E-state index is 0.0454. The summed E-state index contributed by atoms with van der Waals surface area (Å²) in [4.78, 5) is 14.6. The van der Waals surface area contributed by atoms with Gasteiger partial charge < -0.3 is 28.4 Å². The molecule has 9 heteroatoms. The maximum absolute atomic E-state index is 2.70. The second-order valence-corrected chi connectivity index (χ2v) is 43.4. The van der Waals surface area contributed by atoms with E-state index in [0.717, 1.165) is 0 Å². The van der Waals surface area contributed by atoms with Crippen molar-refractivity contribution in [2.45, 2.75) is 335 Å². The Kier molecular flexibility index (Phi) is 32.4. The van der Waals surface area contributed by atoms with E-state index in [-0.39, 0.29) is 27.7 Å². The Labute approximate surface area is 725 Å². The molecule has 3 aromatic heterocycles. The Hall–Kier alpha value is -8.18. The van der Waals surface area contributed by atoms with Crippen LogP contribution in [-0.2, 0) is 11.1 Å². The first-order valence-electron chi connectivity index (χ1n) is 44.7. The van der Waals surface area contributed by atoms with E-state index in [9.17, 15) is 0 Å². The Morgan fingerprint density at radius 2 is 0.639 bits per heavy atom. The van der Waals surface area contributed by atoms with E-state index in [1.807, 2.05) is 6.07 Å². The standard InChI is InChI=1S/C28H24N2.C18H21N.C16H19N.C13H27N.C11H17N.C10H23N.C8H17N.C6H15N/c1-28(2,3)30-25-17-9-6-13-21(25)22-14-10-18-26(27(22)30)29-23-15-7-4-11-19(23)20-12-5-8-16-24(20)29;1-12-8-6-10-14-15-11-7-9-13(2)17(15)19(16(12)14)18(3,4)5;1-16(2,3)17(14-10-6-4-7-11-14)15-12-8-5-9-13-15;1-11(2,3)14-12(4,5)9-8-10-13(14,6)7;1-11(2,3)12(4)10-8-6-5-7-9-10;1-8(2)11(9(3)4)10(5,6)7;1-8(2,3)9-6-4-5-7-9;1-6(2,3)7(4)5/h4-18H,1-3H3;6-11H,1-5H3;4-13H,1-3H3;8-10H2,1-7H3;5-9H,1-4H3;8-9H,1-7H3;4-7H2,1-3H3;1-5H3. The second kappa shape index (κ2) is 39.3. The summed E-state index contributed by atoms with van der Waals surface area (Å²) in [5, 5.41) is 7.94. The zero-order valence-electron chi connectivity index (χ0n) is 81.9. The topological polar surface area (TPSA) is 34.2 Å². The third kappa shape index (κ3) is 25.0. The van der Waals surface area contributed by atoms with Gasteiger partial charge in [-0.05, 0) is 366 Å². The normalized spacial score (nSPS) is 14.9. The van der Waals surface area contributed by atoms with E-state index >= 15 is 0 Å². The van der Waals surface area contributed by atoms with Gasteiger partial charge in [-0.2, -0.15) is 0 Å². The smallest absolute Gasteiger partial charge is 0.0741 e. The Balaban J connectivity index is 0.000000196. The van der Waals surface area contributed by atoms with Crippen molar-refractivity contribution in [3.8, 4) is 5.69 Å². The van der Waals surface area contributed by atoms with E-state index in [1.165, 1.54) is 144 Å². The molecule has 0 unspecified atom stereocenters. The number of hydrogen-bond acceptors (Lipinski definition) is 6. The zero-order chi connectivity index (χ0) is 89.1. The minimum Gasteiger partial charge on any atom is -0.370 e. The van der Waals surface area contributed by atoms with Crippen LogP contribution in [0.2, 0.25) is 0 Å². The van der Waals surface area contributed by atoms with Crippen LogP contribution in [0, 0.1) is 13.8 Å². The first-order valence-corrected chi connectivity index (χ1v) is 44.7. The Morgan fingerprint density at radius 1 is 0.311 bits per heavy atom. The van der Waals surface area contributed by atoms with Gasteiger partial charge in [0.1, 0.15) is 0 Å². The van der Waals surface area contributed by atoms with Crippen molar-refractivity contribution < 1.29 is 0 Å². The molecule has 14 rings (SSSR count). The maximum Gasteiger partial charge on any atom is 0.0741 e. The zero-order valence-corrected chi connectivity index (χ0v) is 81.9. The number of aromatic nitrogens is 3. The van der Waals surface area contributed by atoms with Crippen molar-refractivity contribution in [2.24, 2.45) is 0 Å². The van der Waals surface area contributed by atoms with Crippen molar-refractivity contribution in [3.63, 3.8) is 0 Å². The highest BCUT2D eigenvalue weighted by molar-refractivity contribution is 6.15. The first-order chi connectivity index (χ1) is 55.0. The number of piperidine rings is 1. The average Bonchev–Trinajstić information content (AvgIpc) is 1.56. The fourth-order valence-corrected chi connectivity index (χ4v) is 18.7. The van der Waals surface area contributed by atoms with Crippen LogP contribution in [0.5, 0.6) is 0 Å². The van der Waals surface area contributed by atoms with Gasteiger partial charge in [-0.25, -0.2) is 0 Å². The number of nitrogens with zero attached hydrogens (tertiary/aromatic N) is 9.